The van der Waals surface area contributed by atoms with Crippen LogP contribution < -0.4 is 0 Å². The van der Waals surface area contributed by atoms with Crippen LogP contribution in [0.3, 0.4) is 0 Å². The number of ketones is 4. The summed E-state index contributed by atoms with van der Waals surface area (Å²) >= 11 is 6.06. The van der Waals surface area contributed by atoms with Gasteiger partial charge in [0.15, 0.2) is 23.1 Å². The standard InChI is InChI=1S/C16H12Br2O4/c17-11-7-13(19)9(5-15(11)21)3-1-2-4-10-6-16(22)12(18)8-14(10)20/h5-8H,1-4H2. The van der Waals surface area contributed by atoms with Crippen LogP contribution in [0.25, 0.3) is 0 Å². The first-order valence-electron chi connectivity index (χ1n) is 6.71. The molecule has 114 valence electrons. The maximum absolute atomic E-state index is 11.7. The van der Waals surface area contributed by atoms with E-state index in [1.165, 1.54) is 24.3 Å². The van der Waals surface area contributed by atoms with Gasteiger partial charge in [-0.1, -0.05) is 0 Å². The molecule has 0 spiro atoms. The Morgan fingerprint density at radius 2 is 0.955 bits per heavy atom. The Morgan fingerprint density at radius 3 is 1.32 bits per heavy atom. The number of unbranched alkanes of at least 4 members (excludes halogenated alkanes) is 1. The zero-order chi connectivity index (χ0) is 16.3. The SMILES string of the molecule is O=C1C=C(CCCCC2=CC(=O)C(Br)=CC2=O)C(=O)C=C1Br. The summed E-state index contributed by atoms with van der Waals surface area (Å²) in [4.78, 5) is 46.4. The lowest BCUT2D eigenvalue weighted by atomic mass is 9.95. The summed E-state index contributed by atoms with van der Waals surface area (Å²) in [6, 6.07) is 0. The number of hydrogen-bond donors (Lipinski definition) is 0. The molecule has 6 heteroatoms. The lowest BCUT2D eigenvalue weighted by Gasteiger charge is -2.10. The van der Waals surface area contributed by atoms with Crippen molar-refractivity contribution in [3.63, 3.8) is 0 Å². The topological polar surface area (TPSA) is 68.3 Å². The van der Waals surface area contributed by atoms with Crippen LogP contribution in [0.1, 0.15) is 25.7 Å². The van der Waals surface area contributed by atoms with Crippen molar-refractivity contribution in [2.45, 2.75) is 25.7 Å². The molecule has 0 fully saturated rings. The first-order chi connectivity index (χ1) is 10.4. The molecule has 0 radical (unpaired) electrons. The predicted molar refractivity (Wildman–Crippen MR) is 88.7 cm³/mol. The summed E-state index contributed by atoms with van der Waals surface area (Å²) in [5.74, 6) is -0.747. The van der Waals surface area contributed by atoms with Crippen molar-refractivity contribution in [3.05, 3.63) is 44.4 Å². The molecule has 0 bridgehead atoms. The van der Waals surface area contributed by atoms with E-state index in [0.29, 0.717) is 36.8 Å². The Morgan fingerprint density at radius 1 is 0.591 bits per heavy atom. The van der Waals surface area contributed by atoms with Gasteiger partial charge in [0.1, 0.15) is 0 Å². The quantitative estimate of drug-likeness (QED) is 0.498. The molecule has 2 aliphatic rings. The number of halogens is 2. The van der Waals surface area contributed by atoms with Crippen molar-refractivity contribution in [3.8, 4) is 0 Å². The second-order valence-corrected chi connectivity index (χ2v) is 6.70. The smallest absolute Gasteiger partial charge is 0.193 e. The number of carbonyl (C=O) groups is 4. The largest absolute Gasteiger partial charge is 0.290 e. The molecule has 0 amide bonds. The fourth-order valence-electron chi connectivity index (χ4n) is 2.18. The molecule has 2 rings (SSSR count). The third-order valence-electron chi connectivity index (χ3n) is 3.37. The summed E-state index contributed by atoms with van der Waals surface area (Å²) in [5, 5.41) is 0. The van der Waals surface area contributed by atoms with Gasteiger partial charge in [0, 0.05) is 23.3 Å². The van der Waals surface area contributed by atoms with Crippen LogP contribution >= 0.6 is 31.9 Å². The van der Waals surface area contributed by atoms with Gasteiger partial charge in [0.25, 0.3) is 0 Å². The van der Waals surface area contributed by atoms with E-state index in [2.05, 4.69) is 31.9 Å². The average Bonchev–Trinajstić information content (AvgIpc) is 2.45. The zero-order valence-corrected chi connectivity index (χ0v) is 14.7. The van der Waals surface area contributed by atoms with Crippen molar-refractivity contribution in [1.82, 2.24) is 0 Å². The molecule has 2 aliphatic carbocycles. The number of hydrogen-bond acceptors (Lipinski definition) is 4. The first-order valence-corrected chi connectivity index (χ1v) is 8.30. The van der Waals surface area contributed by atoms with E-state index < -0.39 is 0 Å². The van der Waals surface area contributed by atoms with Crippen LogP contribution in [0.15, 0.2) is 44.4 Å². The summed E-state index contributed by atoms with van der Waals surface area (Å²) < 4.78 is 0.546. The molecular formula is C16H12Br2O4. The fraction of sp³-hybridized carbons (Fsp3) is 0.250. The molecule has 0 aromatic heterocycles. The van der Waals surface area contributed by atoms with Gasteiger partial charge in [0.05, 0.1) is 8.96 Å². The highest BCUT2D eigenvalue weighted by Crippen LogP contribution is 2.23. The Balaban J connectivity index is 1.84. The van der Waals surface area contributed by atoms with Gasteiger partial charge in [-0.25, -0.2) is 0 Å². The molecule has 0 aliphatic heterocycles. The van der Waals surface area contributed by atoms with Crippen molar-refractivity contribution in [1.29, 1.82) is 0 Å². The van der Waals surface area contributed by atoms with Gasteiger partial charge in [-0.15, -0.1) is 0 Å². The van der Waals surface area contributed by atoms with Crippen LogP contribution in [0, 0.1) is 0 Å². The van der Waals surface area contributed by atoms with Gasteiger partial charge >= 0.3 is 0 Å². The lowest BCUT2D eigenvalue weighted by Crippen LogP contribution is -2.11. The van der Waals surface area contributed by atoms with Crippen LogP contribution in [0.4, 0.5) is 0 Å². The monoisotopic (exact) mass is 426 g/mol. The van der Waals surface area contributed by atoms with E-state index in [1.807, 2.05) is 0 Å². The van der Waals surface area contributed by atoms with Gasteiger partial charge < -0.3 is 0 Å². The van der Waals surface area contributed by atoms with E-state index in [-0.39, 0.29) is 32.1 Å². The highest BCUT2D eigenvalue weighted by atomic mass is 79.9. The van der Waals surface area contributed by atoms with Crippen molar-refractivity contribution < 1.29 is 19.2 Å². The van der Waals surface area contributed by atoms with Crippen LogP contribution in [0.5, 0.6) is 0 Å². The molecule has 0 unspecified atom stereocenters. The average molecular weight is 428 g/mol. The van der Waals surface area contributed by atoms with Crippen molar-refractivity contribution >= 4 is 55.0 Å². The lowest BCUT2D eigenvalue weighted by molar-refractivity contribution is -0.114. The second-order valence-electron chi connectivity index (χ2n) is 4.99. The molecule has 0 saturated carbocycles. The minimum absolute atomic E-state index is 0.165. The molecular weight excluding hydrogens is 416 g/mol. The molecule has 4 nitrogen and oxygen atoms in total. The molecule has 0 atom stereocenters. The molecule has 0 aromatic carbocycles. The highest BCUT2D eigenvalue weighted by molar-refractivity contribution is 9.12. The Hall–Kier alpha value is -1.40. The van der Waals surface area contributed by atoms with Crippen LogP contribution in [-0.2, 0) is 19.2 Å². The maximum Gasteiger partial charge on any atom is 0.193 e. The summed E-state index contributed by atoms with van der Waals surface area (Å²) in [5.41, 5.74) is 0.965. The van der Waals surface area contributed by atoms with E-state index >= 15 is 0 Å². The first kappa shape index (κ1) is 17.0. The fourth-order valence-corrected chi connectivity index (χ4v) is 2.82. The Labute approximate surface area is 144 Å². The van der Waals surface area contributed by atoms with Crippen LogP contribution in [0.2, 0.25) is 0 Å². The molecule has 22 heavy (non-hydrogen) atoms. The van der Waals surface area contributed by atoms with E-state index in [9.17, 15) is 19.2 Å². The second kappa shape index (κ2) is 7.24. The third kappa shape index (κ3) is 4.08. The van der Waals surface area contributed by atoms with Crippen molar-refractivity contribution in [2.75, 3.05) is 0 Å². The number of carbonyl (C=O) groups excluding carboxylic acids is 4. The minimum Gasteiger partial charge on any atom is -0.290 e. The van der Waals surface area contributed by atoms with Gasteiger partial charge in [-0.05, 0) is 69.7 Å². The van der Waals surface area contributed by atoms with Crippen molar-refractivity contribution in [2.24, 2.45) is 0 Å². The summed E-state index contributed by atoms with van der Waals surface area (Å²) in [6.07, 6.45) is 7.56. The third-order valence-corrected chi connectivity index (χ3v) is 4.61. The zero-order valence-electron chi connectivity index (χ0n) is 11.5. The van der Waals surface area contributed by atoms with Gasteiger partial charge in [-0.3, -0.25) is 19.2 Å². The highest BCUT2D eigenvalue weighted by Gasteiger charge is 2.19. The number of rotatable bonds is 5. The predicted octanol–water partition coefficient (Wildman–Crippen LogP) is 3.26. The molecule has 0 N–H and O–H groups in total. The molecule has 0 heterocycles. The van der Waals surface area contributed by atoms with E-state index in [1.54, 1.807) is 0 Å². The van der Waals surface area contributed by atoms with Gasteiger partial charge in [-0.2, -0.15) is 0 Å². The Bertz CT molecular complexity index is 633. The number of allylic oxidation sites excluding steroid dienone is 8. The normalized spacial score (nSPS) is 18.8. The van der Waals surface area contributed by atoms with E-state index in [0.717, 1.165) is 0 Å². The van der Waals surface area contributed by atoms with Gasteiger partial charge in [0.2, 0.25) is 0 Å². The molecule has 0 saturated heterocycles. The maximum atomic E-state index is 11.7. The summed E-state index contributed by atoms with van der Waals surface area (Å²) in [7, 11) is 0. The Kier molecular flexibility index (Phi) is 5.58. The minimum atomic E-state index is -0.208. The van der Waals surface area contributed by atoms with Crippen LogP contribution in [-0.4, -0.2) is 23.1 Å². The van der Waals surface area contributed by atoms with E-state index in [4.69, 9.17) is 0 Å². The summed E-state index contributed by atoms with van der Waals surface area (Å²) in [6.45, 7) is 0. The molecule has 0 aromatic rings.